The molecule has 39 heavy (non-hydrogen) atoms. The average Bonchev–Trinajstić information content (AvgIpc) is 3.47. The summed E-state index contributed by atoms with van der Waals surface area (Å²) in [7, 11) is 1.56. The molecule has 7 rings (SSSR count). The number of nitrogens with zero attached hydrogens (tertiary/aromatic N) is 5. The third-order valence-corrected chi connectivity index (χ3v) is 7.41. The van der Waals surface area contributed by atoms with Crippen LogP contribution in [0.3, 0.4) is 0 Å². The van der Waals surface area contributed by atoms with Crippen LogP contribution in [0.4, 0.5) is 17.2 Å². The Morgan fingerprint density at radius 3 is 2.26 bits per heavy atom. The molecule has 0 bridgehead atoms. The number of hydrogen-bond acceptors (Lipinski definition) is 6. The molecule has 4 aromatic carbocycles. The molecule has 192 valence electrons. The van der Waals surface area contributed by atoms with E-state index in [1.165, 1.54) is 5.56 Å². The topological polar surface area (TPSA) is 66.1 Å². The zero-order chi connectivity index (χ0) is 26.5. The Hall–Kier alpha value is -5.04. The average molecular weight is 514 g/mol. The number of rotatable bonds is 5. The van der Waals surface area contributed by atoms with E-state index in [-0.39, 0.29) is 11.8 Å². The summed E-state index contributed by atoms with van der Waals surface area (Å²) in [5.74, 6) is 2.15. The van der Waals surface area contributed by atoms with Crippen molar-refractivity contribution in [2.45, 2.75) is 19.5 Å². The van der Waals surface area contributed by atoms with Gasteiger partial charge in [-0.1, -0.05) is 66.7 Å². The summed E-state index contributed by atoms with van der Waals surface area (Å²) in [5, 5.41) is 15.8. The highest BCUT2D eigenvalue weighted by Crippen LogP contribution is 2.51. The van der Waals surface area contributed by atoms with E-state index in [1.807, 2.05) is 60.1 Å². The minimum Gasteiger partial charge on any atom is -0.504 e. The molecule has 0 amide bonds. The molecule has 0 saturated carbocycles. The lowest BCUT2D eigenvalue weighted by atomic mass is 9.95. The number of aliphatic imine (C=N–C) groups is 1. The number of fused-ring (bicyclic) bond motifs is 4. The van der Waals surface area contributed by atoms with Crippen LogP contribution in [0.2, 0.25) is 0 Å². The van der Waals surface area contributed by atoms with Crippen LogP contribution < -0.4 is 14.5 Å². The lowest BCUT2D eigenvalue weighted by Crippen LogP contribution is -2.42. The second-order valence-corrected chi connectivity index (χ2v) is 9.75. The van der Waals surface area contributed by atoms with Crippen LogP contribution in [0.5, 0.6) is 11.5 Å². The molecule has 1 atom stereocenters. The van der Waals surface area contributed by atoms with Crippen molar-refractivity contribution in [3.63, 3.8) is 0 Å². The largest absolute Gasteiger partial charge is 0.504 e. The number of aromatic hydroxyl groups is 1. The fourth-order valence-electron chi connectivity index (χ4n) is 5.65. The van der Waals surface area contributed by atoms with Gasteiger partial charge in [-0.2, -0.15) is 10.1 Å². The molecule has 1 unspecified atom stereocenters. The van der Waals surface area contributed by atoms with Gasteiger partial charge in [0.05, 0.1) is 42.5 Å². The van der Waals surface area contributed by atoms with Gasteiger partial charge in [0, 0.05) is 5.56 Å². The highest BCUT2D eigenvalue weighted by Gasteiger charge is 2.44. The SMILES string of the molecule is COc1ccc(C2c3c(C)nn(-c4ccccc4)c3N=C3N(Cc4ccccc4)c4ccccc4N32)cc1O. The maximum absolute atomic E-state index is 10.8. The smallest absolute Gasteiger partial charge is 0.213 e. The van der Waals surface area contributed by atoms with E-state index in [0.29, 0.717) is 12.3 Å². The minimum absolute atomic E-state index is 0.0994. The molecule has 0 saturated heterocycles. The van der Waals surface area contributed by atoms with Gasteiger partial charge in [0.25, 0.3) is 0 Å². The Balaban J connectivity index is 1.48. The van der Waals surface area contributed by atoms with Crippen molar-refractivity contribution in [1.29, 1.82) is 0 Å². The Morgan fingerprint density at radius 1 is 0.846 bits per heavy atom. The summed E-state index contributed by atoms with van der Waals surface area (Å²) in [5.41, 5.74) is 7.10. The van der Waals surface area contributed by atoms with Gasteiger partial charge >= 0.3 is 0 Å². The first-order valence-corrected chi connectivity index (χ1v) is 12.9. The molecule has 0 radical (unpaired) electrons. The number of guanidine groups is 1. The summed E-state index contributed by atoms with van der Waals surface area (Å²) in [6.07, 6.45) is 0. The number of phenolic OH excluding ortho intramolecular Hbond substituents is 1. The van der Waals surface area contributed by atoms with Crippen molar-refractivity contribution < 1.29 is 9.84 Å². The maximum Gasteiger partial charge on any atom is 0.213 e. The molecular formula is C32H27N5O2. The van der Waals surface area contributed by atoms with Gasteiger partial charge in [0.1, 0.15) is 0 Å². The normalized spacial score (nSPS) is 15.4. The number of aromatic nitrogens is 2. The molecule has 5 aromatic rings. The van der Waals surface area contributed by atoms with Gasteiger partial charge in [-0.3, -0.25) is 4.90 Å². The molecular weight excluding hydrogens is 486 g/mol. The van der Waals surface area contributed by atoms with Crippen LogP contribution in [0.1, 0.15) is 28.4 Å². The van der Waals surface area contributed by atoms with E-state index in [2.05, 4.69) is 58.3 Å². The number of hydrogen-bond donors (Lipinski definition) is 1. The van der Waals surface area contributed by atoms with Crippen LogP contribution in [0.25, 0.3) is 5.69 Å². The van der Waals surface area contributed by atoms with Crippen molar-refractivity contribution in [1.82, 2.24) is 9.78 Å². The monoisotopic (exact) mass is 513 g/mol. The minimum atomic E-state index is -0.260. The lowest BCUT2D eigenvalue weighted by Gasteiger charge is -2.35. The highest BCUT2D eigenvalue weighted by molar-refractivity contribution is 6.18. The zero-order valence-corrected chi connectivity index (χ0v) is 21.7. The summed E-state index contributed by atoms with van der Waals surface area (Å²) < 4.78 is 7.28. The number of para-hydroxylation sites is 3. The van der Waals surface area contributed by atoms with Crippen molar-refractivity contribution in [2.75, 3.05) is 16.9 Å². The van der Waals surface area contributed by atoms with Gasteiger partial charge in [0.2, 0.25) is 5.96 Å². The first-order chi connectivity index (χ1) is 19.1. The molecule has 1 N–H and O–H groups in total. The van der Waals surface area contributed by atoms with Crippen molar-refractivity contribution >= 4 is 23.2 Å². The maximum atomic E-state index is 10.8. The van der Waals surface area contributed by atoms with Crippen LogP contribution in [0, 0.1) is 6.92 Å². The number of phenols is 1. The Morgan fingerprint density at radius 2 is 1.54 bits per heavy atom. The van der Waals surface area contributed by atoms with Crippen LogP contribution in [-0.4, -0.2) is 28.0 Å². The fourth-order valence-corrected chi connectivity index (χ4v) is 5.65. The van der Waals surface area contributed by atoms with Crippen LogP contribution >= 0.6 is 0 Å². The van der Waals surface area contributed by atoms with Gasteiger partial charge in [-0.15, -0.1) is 0 Å². The predicted molar refractivity (Wildman–Crippen MR) is 153 cm³/mol. The molecule has 3 heterocycles. The molecule has 7 nitrogen and oxygen atoms in total. The van der Waals surface area contributed by atoms with E-state index >= 15 is 0 Å². The van der Waals surface area contributed by atoms with Gasteiger partial charge in [-0.25, -0.2) is 4.68 Å². The van der Waals surface area contributed by atoms with Crippen LogP contribution in [0.15, 0.2) is 108 Å². The number of methoxy groups -OCH3 is 1. The third-order valence-electron chi connectivity index (χ3n) is 7.41. The number of anilines is 2. The quantitative estimate of drug-likeness (QED) is 0.290. The number of aryl methyl sites for hydroxylation is 1. The van der Waals surface area contributed by atoms with Gasteiger partial charge < -0.3 is 14.7 Å². The Labute approximate surface area is 226 Å². The number of ether oxygens (including phenoxy) is 1. The zero-order valence-electron chi connectivity index (χ0n) is 21.7. The highest BCUT2D eigenvalue weighted by atomic mass is 16.5. The summed E-state index contributed by atoms with van der Waals surface area (Å²) in [6, 6.07) is 34.3. The molecule has 2 aliphatic rings. The summed E-state index contributed by atoms with van der Waals surface area (Å²) in [6.45, 7) is 2.69. The molecule has 0 aliphatic carbocycles. The van der Waals surface area contributed by atoms with Gasteiger partial charge in [0.15, 0.2) is 17.3 Å². The van der Waals surface area contributed by atoms with Gasteiger partial charge in [-0.05, 0) is 54.4 Å². The molecule has 2 aliphatic heterocycles. The van der Waals surface area contributed by atoms with E-state index in [4.69, 9.17) is 14.8 Å². The first-order valence-electron chi connectivity index (χ1n) is 12.9. The van der Waals surface area contributed by atoms with Crippen molar-refractivity contribution in [2.24, 2.45) is 4.99 Å². The fraction of sp³-hybridized carbons (Fsp3) is 0.125. The van der Waals surface area contributed by atoms with E-state index in [9.17, 15) is 5.11 Å². The van der Waals surface area contributed by atoms with Crippen LogP contribution in [-0.2, 0) is 6.54 Å². The number of benzene rings is 4. The molecule has 7 heteroatoms. The molecule has 0 spiro atoms. The molecule has 1 aromatic heterocycles. The lowest BCUT2D eigenvalue weighted by molar-refractivity contribution is 0.373. The van der Waals surface area contributed by atoms with E-state index in [0.717, 1.165) is 45.7 Å². The summed E-state index contributed by atoms with van der Waals surface area (Å²) >= 11 is 0. The Bertz CT molecular complexity index is 1710. The summed E-state index contributed by atoms with van der Waals surface area (Å²) in [4.78, 5) is 9.85. The van der Waals surface area contributed by atoms with Crippen molar-refractivity contribution in [3.05, 3.63) is 126 Å². The standard InChI is InChI=1S/C32H27N5O2/c1-21-29-30(23-17-18-28(39-2)27(38)19-23)36-26-16-10-9-15-25(26)35(20-22-11-5-3-6-12-22)32(36)33-31(29)37(34-21)24-13-7-4-8-14-24/h3-19,30,38H,20H2,1-2H3. The first kappa shape index (κ1) is 23.1. The third kappa shape index (κ3) is 3.66. The molecule has 0 fully saturated rings. The second-order valence-electron chi connectivity index (χ2n) is 9.75. The Kier molecular flexibility index (Phi) is 5.37. The predicted octanol–water partition coefficient (Wildman–Crippen LogP) is 6.51. The second kappa shape index (κ2) is 9.06. The van der Waals surface area contributed by atoms with E-state index < -0.39 is 0 Å². The van der Waals surface area contributed by atoms with E-state index in [1.54, 1.807) is 13.2 Å². The van der Waals surface area contributed by atoms with Crippen molar-refractivity contribution in [3.8, 4) is 17.2 Å².